The number of anilines is 1. The van der Waals surface area contributed by atoms with Gasteiger partial charge in [-0.2, -0.15) is 5.26 Å². The summed E-state index contributed by atoms with van der Waals surface area (Å²) in [5, 5.41) is 12.1. The minimum Gasteiger partial charge on any atom is -0.384 e. The Labute approximate surface area is 122 Å². The number of nitrogens with zero attached hydrogens (tertiary/aromatic N) is 1. The van der Waals surface area contributed by atoms with E-state index in [0.717, 1.165) is 10.2 Å². The highest BCUT2D eigenvalue weighted by atomic mass is 79.9. The average Bonchev–Trinajstić information content (AvgIpc) is 2.39. The van der Waals surface area contributed by atoms with Gasteiger partial charge >= 0.3 is 0 Å². The summed E-state index contributed by atoms with van der Waals surface area (Å²) >= 11 is 3.30. The van der Waals surface area contributed by atoms with Crippen molar-refractivity contribution in [2.45, 2.75) is 13.3 Å². The van der Waals surface area contributed by atoms with Gasteiger partial charge in [-0.3, -0.25) is 0 Å². The third kappa shape index (κ3) is 5.59. The summed E-state index contributed by atoms with van der Waals surface area (Å²) in [6, 6.07) is 7.51. The second-order valence-corrected chi connectivity index (χ2v) is 6.89. The third-order valence-electron chi connectivity index (χ3n) is 2.47. The van der Waals surface area contributed by atoms with Crippen LogP contribution >= 0.6 is 15.9 Å². The molecule has 5 nitrogen and oxygen atoms in total. The quantitative estimate of drug-likeness (QED) is 0.741. The maximum atomic E-state index is 11.2. The maximum Gasteiger partial charge on any atom is 0.211 e. The van der Waals surface area contributed by atoms with Crippen molar-refractivity contribution < 1.29 is 8.42 Å². The zero-order chi connectivity index (χ0) is 14.3. The second-order valence-electron chi connectivity index (χ2n) is 3.88. The Morgan fingerprint density at radius 3 is 2.74 bits per heavy atom. The average molecular weight is 346 g/mol. The molecule has 0 aliphatic heterocycles. The molecule has 1 rings (SSSR count). The van der Waals surface area contributed by atoms with E-state index in [-0.39, 0.29) is 5.75 Å². The molecule has 0 spiro atoms. The molecule has 104 valence electrons. The van der Waals surface area contributed by atoms with Gasteiger partial charge < -0.3 is 5.32 Å². The Morgan fingerprint density at radius 1 is 1.37 bits per heavy atom. The number of nitriles is 1. The van der Waals surface area contributed by atoms with Crippen molar-refractivity contribution in [1.82, 2.24) is 4.72 Å². The van der Waals surface area contributed by atoms with Crippen LogP contribution in [0.5, 0.6) is 0 Å². The molecule has 0 aliphatic carbocycles. The van der Waals surface area contributed by atoms with Crippen LogP contribution in [0.4, 0.5) is 5.69 Å². The summed E-state index contributed by atoms with van der Waals surface area (Å²) < 4.78 is 25.7. The monoisotopic (exact) mass is 345 g/mol. The second kappa shape index (κ2) is 7.48. The summed E-state index contributed by atoms with van der Waals surface area (Å²) in [7, 11) is -3.12. The van der Waals surface area contributed by atoms with Crippen LogP contribution < -0.4 is 10.0 Å². The van der Waals surface area contributed by atoms with E-state index in [1.54, 1.807) is 13.0 Å². The standard InChI is InChI=1S/C12H16BrN3O2S/c1-2-19(17,18)16-7-3-6-15-12-5-4-11(13)8-10(12)9-14/h4-5,8,15-16H,2-3,6-7H2,1H3. The van der Waals surface area contributed by atoms with Crippen LogP contribution in [0.1, 0.15) is 18.9 Å². The van der Waals surface area contributed by atoms with E-state index in [2.05, 4.69) is 32.0 Å². The molecule has 0 heterocycles. The van der Waals surface area contributed by atoms with Crippen LogP contribution in [0, 0.1) is 11.3 Å². The predicted octanol–water partition coefficient (Wildman–Crippen LogP) is 2.06. The summed E-state index contributed by atoms with van der Waals surface area (Å²) in [6.07, 6.45) is 0.653. The van der Waals surface area contributed by atoms with Gasteiger partial charge in [0.15, 0.2) is 0 Å². The van der Waals surface area contributed by atoms with Gasteiger partial charge in [0.25, 0.3) is 0 Å². The molecule has 0 aromatic heterocycles. The lowest BCUT2D eigenvalue weighted by Crippen LogP contribution is -2.27. The number of hydrogen-bond acceptors (Lipinski definition) is 4. The molecule has 1 aromatic rings. The third-order valence-corrected chi connectivity index (χ3v) is 4.37. The largest absolute Gasteiger partial charge is 0.384 e. The van der Waals surface area contributed by atoms with Crippen molar-refractivity contribution in [2.75, 3.05) is 24.2 Å². The van der Waals surface area contributed by atoms with Gasteiger partial charge in [-0.05, 0) is 31.5 Å². The van der Waals surface area contributed by atoms with E-state index in [1.807, 2.05) is 12.1 Å². The van der Waals surface area contributed by atoms with Crippen LogP contribution in [0.2, 0.25) is 0 Å². The molecule has 0 aliphatic rings. The van der Waals surface area contributed by atoms with Crippen molar-refractivity contribution in [1.29, 1.82) is 5.26 Å². The topological polar surface area (TPSA) is 82.0 Å². The Balaban J connectivity index is 2.40. The van der Waals surface area contributed by atoms with Crippen molar-refractivity contribution in [3.63, 3.8) is 0 Å². The first-order chi connectivity index (χ1) is 8.98. The minimum atomic E-state index is -3.12. The molecule has 1 aromatic carbocycles. The molecule has 0 saturated heterocycles. The van der Waals surface area contributed by atoms with E-state index in [9.17, 15) is 8.42 Å². The number of nitrogens with one attached hydrogen (secondary N) is 2. The first kappa shape index (κ1) is 16.0. The molecule has 0 bridgehead atoms. The molecule has 0 radical (unpaired) electrons. The molecule has 19 heavy (non-hydrogen) atoms. The van der Waals surface area contributed by atoms with E-state index in [0.29, 0.717) is 25.1 Å². The Bertz CT molecular complexity index is 567. The van der Waals surface area contributed by atoms with Gasteiger partial charge in [0.1, 0.15) is 6.07 Å². The van der Waals surface area contributed by atoms with Gasteiger partial charge in [-0.1, -0.05) is 15.9 Å². The van der Waals surface area contributed by atoms with Gasteiger partial charge in [0.05, 0.1) is 17.0 Å². The van der Waals surface area contributed by atoms with Crippen molar-refractivity contribution in [3.8, 4) is 6.07 Å². The zero-order valence-corrected chi connectivity index (χ0v) is 13.0. The molecular formula is C12H16BrN3O2S. The number of rotatable bonds is 7. The summed E-state index contributed by atoms with van der Waals surface area (Å²) in [6.45, 7) is 2.59. The van der Waals surface area contributed by atoms with E-state index in [1.165, 1.54) is 0 Å². The first-order valence-electron chi connectivity index (χ1n) is 5.89. The van der Waals surface area contributed by atoms with Gasteiger partial charge in [-0.15, -0.1) is 0 Å². The van der Waals surface area contributed by atoms with E-state index >= 15 is 0 Å². The highest BCUT2D eigenvalue weighted by molar-refractivity contribution is 9.10. The van der Waals surface area contributed by atoms with Crippen LogP contribution in [0.3, 0.4) is 0 Å². The molecule has 0 fully saturated rings. The highest BCUT2D eigenvalue weighted by Crippen LogP contribution is 2.20. The van der Waals surface area contributed by atoms with E-state index < -0.39 is 10.0 Å². The predicted molar refractivity (Wildman–Crippen MR) is 79.4 cm³/mol. The van der Waals surface area contributed by atoms with Gasteiger partial charge in [0.2, 0.25) is 10.0 Å². The molecular weight excluding hydrogens is 330 g/mol. The van der Waals surface area contributed by atoms with Crippen molar-refractivity contribution >= 4 is 31.6 Å². The molecule has 7 heteroatoms. The minimum absolute atomic E-state index is 0.0890. The lowest BCUT2D eigenvalue weighted by Gasteiger charge is -2.09. The fraction of sp³-hybridized carbons (Fsp3) is 0.417. The van der Waals surface area contributed by atoms with Crippen LogP contribution in [0.25, 0.3) is 0 Å². The fourth-order valence-electron chi connectivity index (χ4n) is 1.40. The maximum absolute atomic E-state index is 11.2. The smallest absolute Gasteiger partial charge is 0.211 e. The number of sulfonamides is 1. The SMILES string of the molecule is CCS(=O)(=O)NCCCNc1ccc(Br)cc1C#N. The lowest BCUT2D eigenvalue weighted by atomic mass is 10.2. The molecule has 2 N–H and O–H groups in total. The Kier molecular flexibility index (Phi) is 6.28. The number of hydrogen-bond donors (Lipinski definition) is 2. The van der Waals surface area contributed by atoms with Crippen LogP contribution in [-0.2, 0) is 10.0 Å². The molecule has 0 amide bonds. The number of halogens is 1. The molecule has 0 unspecified atom stereocenters. The first-order valence-corrected chi connectivity index (χ1v) is 8.34. The lowest BCUT2D eigenvalue weighted by molar-refractivity contribution is 0.581. The Hall–Kier alpha value is -1.10. The normalized spacial score (nSPS) is 11.0. The molecule has 0 saturated carbocycles. The van der Waals surface area contributed by atoms with Crippen LogP contribution in [-0.4, -0.2) is 27.3 Å². The summed E-state index contributed by atoms with van der Waals surface area (Å²) in [5.74, 6) is 0.0890. The van der Waals surface area contributed by atoms with E-state index in [4.69, 9.17) is 5.26 Å². The molecule has 0 atom stereocenters. The van der Waals surface area contributed by atoms with Gasteiger partial charge in [0, 0.05) is 17.6 Å². The summed E-state index contributed by atoms with van der Waals surface area (Å²) in [5.41, 5.74) is 1.31. The fourth-order valence-corrected chi connectivity index (χ4v) is 2.42. The van der Waals surface area contributed by atoms with Crippen molar-refractivity contribution in [2.24, 2.45) is 0 Å². The number of benzene rings is 1. The van der Waals surface area contributed by atoms with Crippen LogP contribution in [0.15, 0.2) is 22.7 Å². The highest BCUT2D eigenvalue weighted by Gasteiger charge is 2.05. The van der Waals surface area contributed by atoms with Gasteiger partial charge in [-0.25, -0.2) is 13.1 Å². The van der Waals surface area contributed by atoms with Crippen molar-refractivity contribution in [3.05, 3.63) is 28.2 Å². The summed E-state index contributed by atoms with van der Waals surface area (Å²) in [4.78, 5) is 0. The Morgan fingerprint density at radius 2 is 2.11 bits per heavy atom. The zero-order valence-electron chi connectivity index (χ0n) is 10.6.